The molecule has 0 bridgehead atoms. The van der Waals surface area contributed by atoms with E-state index in [1.54, 1.807) is 6.08 Å². The van der Waals surface area contributed by atoms with Crippen LogP contribution < -0.4 is 5.32 Å². The number of aromatic nitrogens is 2. The van der Waals surface area contributed by atoms with Crippen molar-refractivity contribution in [1.29, 1.82) is 0 Å². The second kappa shape index (κ2) is 11.7. The van der Waals surface area contributed by atoms with Crippen LogP contribution in [0, 0.1) is 11.7 Å². The van der Waals surface area contributed by atoms with E-state index >= 15 is 0 Å². The first-order valence-electron chi connectivity index (χ1n) is 10.9. The summed E-state index contributed by atoms with van der Waals surface area (Å²) >= 11 is 0. The van der Waals surface area contributed by atoms with Crippen molar-refractivity contribution >= 4 is 18.0 Å². The van der Waals surface area contributed by atoms with Crippen molar-refractivity contribution in [2.45, 2.75) is 58.7 Å². The van der Waals surface area contributed by atoms with E-state index in [-0.39, 0.29) is 29.9 Å². The van der Waals surface area contributed by atoms with Crippen LogP contribution in [0.2, 0.25) is 0 Å². The second-order valence-electron chi connectivity index (χ2n) is 8.71. The van der Waals surface area contributed by atoms with Crippen LogP contribution in [0.5, 0.6) is 0 Å². The van der Waals surface area contributed by atoms with Crippen molar-refractivity contribution in [2.75, 3.05) is 6.54 Å². The fourth-order valence-corrected chi connectivity index (χ4v) is 3.34. The Morgan fingerprint density at radius 2 is 1.79 bits per heavy atom. The Morgan fingerprint density at radius 1 is 1.15 bits per heavy atom. The lowest BCUT2D eigenvalue weighted by atomic mass is 9.98. The van der Waals surface area contributed by atoms with E-state index < -0.39 is 30.4 Å². The zero-order valence-corrected chi connectivity index (χ0v) is 19.3. The number of aliphatic hydroxyl groups excluding tert-OH is 2. The fourth-order valence-electron chi connectivity index (χ4n) is 3.34. The van der Waals surface area contributed by atoms with E-state index in [0.717, 1.165) is 0 Å². The molecule has 2 aromatic rings. The summed E-state index contributed by atoms with van der Waals surface area (Å²) < 4.78 is 15.0. The second-order valence-corrected chi connectivity index (χ2v) is 8.71. The normalized spacial score (nSPS) is 13.6. The van der Waals surface area contributed by atoms with Crippen molar-refractivity contribution in [3.8, 4) is 5.69 Å². The minimum atomic E-state index is -1.20. The summed E-state index contributed by atoms with van der Waals surface area (Å²) in [5.74, 6) is -1.76. The molecule has 1 amide bonds. The topological polar surface area (TPSA) is 125 Å². The number of carboxylic acids is 1. The lowest BCUT2D eigenvalue weighted by molar-refractivity contribution is -0.139. The highest BCUT2D eigenvalue weighted by molar-refractivity contribution is 5.95. The van der Waals surface area contributed by atoms with E-state index in [1.807, 2.05) is 27.7 Å². The van der Waals surface area contributed by atoms with Gasteiger partial charge in [-0.2, -0.15) is 5.10 Å². The quantitative estimate of drug-likeness (QED) is 0.408. The van der Waals surface area contributed by atoms with Crippen LogP contribution in [0.1, 0.15) is 68.2 Å². The Morgan fingerprint density at radius 3 is 2.33 bits per heavy atom. The lowest BCUT2D eigenvalue weighted by Gasteiger charge is -2.12. The van der Waals surface area contributed by atoms with Gasteiger partial charge in [0.25, 0.3) is 5.91 Å². The first-order valence-corrected chi connectivity index (χ1v) is 10.9. The van der Waals surface area contributed by atoms with Gasteiger partial charge in [-0.05, 0) is 42.2 Å². The molecule has 9 heteroatoms. The maximum Gasteiger partial charge on any atom is 0.305 e. The number of halogens is 1. The summed E-state index contributed by atoms with van der Waals surface area (Å²) in [5.41, 5.74) is 1.93. The molecule has 2 rings (SSSR count). The van der Waals surface area contributed by atoms with Gasteiger partial charge in [0.1, 0.15) is 5.82 Å². The first-order chi connectivity index (χ1) is 15.5. The molecule has 0 fully saturated rings. The van der Waals surface area contributed by atoms with Crippen molar-refractivity contribution in [3.05, 3.63) is 53.1 Å². The zero-order valence-electron chi connectivity index (χ0n) is 19.3. The minimum absolute atomic E-state index is 0.103. The zero-order chi connectivity index (χ0) is 24.7. The number of benzene rings is 1. The molecule has 0 saturated carbocycles. The number of carbonyl (C=O) groups excluding carboxylic acids is 1. The average molecular weight is 462 g/mol. The molecule has 2 atom stereocenters. The molecule has 1 heterocycles. The predicted octanol–water partition coefficient (Wildman–Crippen LogP) is 3.12. The van der Waals surface area contributed by atoms with Gasteiger partial charge in [0.15, 0.2) is 5.69 Å². The summed E-state index contributed by atoms with van der Waals surface area (Å²) in [6.45, 7) is 8.26. The average Bonchev–Trinajstić information content (AvgIpc) is 3.10. The lowest BCUT2D eigenvalue weighted by Crippen LogP contribution is -2.28. The number of nitrogens with one attached hydrogen (secondary N) is 1. The van der Waals surface area contributed by atoms with E-state index in [4.69, 9.17) is 5.11 Å². The molecule has 0 saturated heterocycles. The Bertz CT molecular complexity index is 983. The summed E-state index contributed by atoms with van der Waals surface area (Å²) in [6.07, 6.45) is 0.0507. The third kappa shape index (κ3) is 7.50. The SMILES string of the molecule is CC(C)CNC(=O)c1nn(-c2ccc(F)cc2)c(/C=C/[C@@H](O)C[C@@H](O)CC(=O)O)c1C(C)C. The number of carbonyl (C=O) groups is 2. The molecule has 0 unspecified atom stereocenters. The largest absolute Gasteiger partial charge is 0.481 e. The highest BCUT2D eigenvalue weighted by Gasteiger charge is 2.25. The minimum Gasteiger partial charge on any atom is -0.481 e. The van der Waals surface area contributed by atoms with Crippen LogP contribution in [-0.2, 0) is 4.79 Å². The molecular weight excluding hydrogens is 429 g/mol. The molecule has 0 spiro atoms. The van der Waals surface area contributed by atoms with Crippen molar-refractivity contribution < 1.29 is 29.3 Å². The molecule has 4 N–H and O–H groups in total. The number of carboxylic acid groups (broad SMARTS) is 1. The van der Waals surface area contributed by atoms with Gasteiger partial charge < -0.3 is 20.6 Å². The maximum absolute atomic E-state index is 13.5. The monoisotopic (exact) mass is 461 g/mol. The van der Waals surface area contributed by atoms with Crippen LogP contribution in [0.4, 0.5) is 4.39 Å². The van der Waals surface area contributed by atoms with Gasteiger partial charge in [0.05, 0.1) is 30.0 Å². The van der Waals surface area contributed by atoms with Gasteiger partial charge >= 0.3 is 5.97 Å². The van der Waals surface area contributed by atoms with Gasteiger partial charge in [0, 0.05) is 18.5 Å². The molecule has 0 aliphatic carbocycles. The van der Waals surface area contributed by atoms with E-state index in [2.05, 4.69) is 10.4 Å². The molecule has 0 aliphatic rings. The van der Waals surface area contributed by atoms with Gasteiger partial charge in [-0.25, -0.2) is 9.07 Å². The smallest absolute Gasteiger partial charge is 0.305 e. The van der Waals surface area contributed by atoms with E-state index in [9.17, 15) is 24.2 Å². The summed E-state index contributed by atoms with van der Waals surface area (Å²) in [6, 6.07) is 5.64. The molecule has 180 valence electrons. The summed E-state index contributed by atoms with van der Waals surface area (Å²) in [5, 5.41) is 36.2. The molecule has 1 aromatic carbocycles. The van der Waals surface area contributed by atoms with Crippen molar-refractivity contribution in [3.63, 3.8) is 0 Å². The van der Waals surface area contributed by atoms with Crippen LogP contribution >= 0.6 is 0 Å². The molecular formula is C24H32FN3O5. The number of hydrogen-bond donors (Lipinski definition) is 4. The Balaban J connectivity index is 2.49. The number of aliphatic carboxylic acids is 1. The van der Waals surface area contributed by atoms with E-state index in [1.165, 1.54) is 35.0 Å². The third-order valence-electron chi connectivity index (χ3n) is 4.89. The van der Waals surface area contributed by atoms with Crippen molar-refractivity contribution in [2.24, 2.45) is 5.92 Å². The van der Waals surface area contributed by atoms with Gasteiger partial charge in [-0.3, -0.25) is 9.59 Å². The number of rotatable bonds is 11. The predicted molar refractivity (Wildman–Crippen MR) is 123 cm³/mol. The van der Waals surface area contributed by atoms with Crippen LogP contribution in [0.15, 0.2) is 30.3 Å². The Kier molecular flexibility index (Phi) is 9.31. The summed E-state index contributed by atoms with van der Waals surface area (Å²) in [4.78, 5) is 23.6. The molecule has 8 nitrogen and oxygen atoms in total. The highest BCUT2D eigenvalue weighted by atomic mass is 19.1. The number of nitrogens with zero attached hydrogens (tertiary/aromatic N) is 2. The standard InChI is InChI=1S/C24H32FN3O5/c1-14(2)13-26-24(33)23-22(15(3)4)20(10-9-18(29)11-19(30)12-21(31)32)28(27-23)17-7-5-16(25)6-8-17/h5-10,14-15,18-19,29-30H,11-13H2,1-4H3,(H,26,33)(H,31,32)/b10-9+/t18-,19-/m1/s1. The number of aliphatic hydroxyl groups is 2. The molecule has 33 heavy (non-hydrogen) atoms. The molecule has 0 aliphatic heterocycles. The molecule has 1 aromatic heterocycles. The molecule has 0 radical (unpaired) electrons. The van der Waals surface area contributed by atoms with Crippen molar-refractivity contribution in [1.82, 2.24) is 15.1 Å². The number of hydrogen-bond acceptors (Lipinski definition) is 5. The highest BCUT2D eigenvalue weighted by Crippen LogP contribution is 2.28. The Hall–Kier alpha value is -3.04. The fraction of sp³-hybridized carbons (Fsp3) is 0.458. The number of amides is 1. The Labute approximate surface area is 192 Å². The van der Waals surface area contributed by atoms with Crippen LogP contribution in [-0.4, -0.2) is 55.7 Å². The summed E-state index contributed by atoms with van der Waals surface area (Å²) in [7, 11) is 0. The third-order valence-corrected chi connectivity index (χ3v) is 4.89. The van der Waals surface area contributed by atoms with E-state index in [0.29, 0.717) is 23.5 Å². The van der Waals surface area contributed by atoms with Crippen LogP contribution in [0.25, 0.3) is 11.8 Å². The maximum atomic E-state index is 13.5. The van der Waals surface area contributed by atoms with Gasteiger partial charge in [-0.15, -0.1) is 0 Å². The van der Waals surface area contributed by atoms with Gasteiger partial charge in [-0.1, -0.05) is 33.8 Å². The van der Waals surface area contributed by atoms with Gasteiger partial charge in [0.2, 0.25) is 0 Å². The van der Waals surface area contributed by atoms with Crippen LogP contribution in [0.3, 0.4) is 0 Å². The first kappa shape index (κ1) is 26.2.